The summed E-state index contributed by atoms with van der Waals surface area (Å²) >= 11 is 1.18. The number of fused-ring (bicyclic) bond motifs is 1. The van der Waals surface area contributed by atoms with Crippen molar-refractivity contribution >= 4 is 28.6 Å². The zero-order chi connectivity index (χ0) is 18.3. The topological polar surface area (TPSA) is 102 Å². The molecule has 26 heavy (non-hydrogen) atoms. The molecule has 1 aliphatic heterocycles. The number of hydrogen-bond acceptors (Lipinski definition) is 7. The number of nitrogens with zero attached hydrogens (tertiary/aromatic N) is 5. The highest BCUT2D eigenvalue weighted by molar-refractivity contribution is 7.99. The van der Waals surface area contributed by atoms with Gasteiger partial charge in [-0.1, -0.05) is 6.92 Å². The van der Waals surface area contributed by atoms with Crippen molar-refractivity contribution < 1.29 is 9.50 Å². The minimum atomic E-state index is -0.669. The summed E-state index contributed by atoms with van der Waals surface area (Å²) in [6.07, 6.45) is 1.92. The molecule has 0 radical (unpaired) electrons. The number of β-amino-alcohol motifs (C(OH)–C–C–N with tert-alkyl or cyclic N) is 1. The molecule has 1 saturated heterocycles. The molecular formula is C17H15FN6OS. The fourth-order valence-electron chi connectivity index (χ4n) is 2.80. The monoisotopic (exact) mass is 370 g/mol. The first-order chi connectivity index (χ1) is 12.6. The van der Waals surface area contributed by atoms with Gasteiger partial charge in [0.2, 0.25) is 0 Å². The highest BCUT2D eigenvalue weighted by atomic mass is 32.2. The van der Waals surface area contributed by atoms with Crippen LogP contribution in [0.1, 0.15) is 18.3 Å². The Morgan fingerprint density at radius 2 is 2.23 bits per heavy atom. The van der Waals surface area contributed by atoms with Crippen molar-refractivity contribution in [2.45, 2.75) is 29.5 Å². The van der Waals surface area contributed by atoms with Gasteiger partial charge in [-0.2, -0.15) is 5.26 Å². The van der Waals surface area contributed by atoms with E-state index in [0.29, 0.717) is 28.8 Å². The van der Waals surface area contributed by atoms with E-state index in [-0.39, 0.29) is 11.8 Å². The predicted octanol–water partition coefficient (Wildman–Crippen LogP) is 2.26. The summed E-state index contributed by atoms with van der Waals surface area (Å²) in [6.45, 7) is 3.10. The summed E-state index contributed by atoms with van der Waals surface area (Å²) in [7, 11) is 0. The Morgan fingerprint density at radius 1 is 1.42 bits per heavy atom. The van der Waals surface area contributed by atoms with Crippen LogP contribution in [0.3, 0.4) is 0 Å². The maximum Gasteiger partial charge on any atom is 0.196 e. The second-order valence-electron chi connectivity index (χ2n) is 6.01. The Morgan fingerprint density at radius 3 is 2.88 bits per heavy atom. The van der Waals surface area contributed by atoms with Crippen LogP contribution in [0.4, 0.5) is 10.2 Å². The Balaban J connectivity index is 1.73. The van der Waals surface area contributed by atoms with Gasteiger partial charge in [-0.25, -0.2) is 19.3 Å². The summed E-state index contributed by atoms with van der Waals surface area (Å²) < 4.78 is 13.8. The average Bonchev–Trinajstić information content (AvgIpc) is 3.02. The van der Waals surface area contributed by atoms with Crippen LogP contribution >= 0.6 is 11.8 Å². The smallest absolute Gasteiger partial charge is 0.196 e. The van der Waals surface area contributed by atoms with Gasteiger partial charge in [0.05, 0.1) is 11.5 Å². The highest BCUT2D eigenvalue weighted by Crippen LogP contribution is 2.33. The lowest BCUT2D eigenvalue weighted by Gasteiger charge is -2.37. The number of aromatic amines is 1. The van der Waals surface area contributed by atoms with E-state index in [1.165, 1.54) is 24.0 Å². The molecule has 0 aliphatic carbocycles. The molecule has 9 heteroatoms. The van der Waals surface area contributed by atoms with Crippen LogP contribution < -0.4 is 4.90 Å². The quantitative estimate of drug-likeness (QED) is 0.679. The molecule has 0 saturated carbocycles. The Bertz CT molecular complexity index is 1020. The number of aryl methyl sites for hydroxylation is 1. The van der Waals surface area contributed by atoms with Crippen LogP contribution in [0.25, 0.3) is 11.0 Å². The number of aliphatic hydroxyl groups is 1. The van der Waals surface area contributed by atoms with Crippen molar-refractivity contribution in [2.24, 2.45) is 0 Å². The van der Waals surface area contributed by atoms with E-state index in [2.05, 4.69) is 19.9 Å². The molecule has 0 atom stereocenters. The first kappa shape index (κ1) is 16.8. The van der Waals surface area contributed by atoms with Gasteiger partial charge >= 0.3 is 0 Å². The van der Waals surface area contributed by atoms with Gasteiger partial charge in [0.25, 0.3) is 0 Å². The van der Waals surface area contributed by atoms with Crippen LogP contribution in [0.2, 0.25) is 0 Å². The summed E-state index contributed by atoms with van der Waals surface area (Å²) in [5.41, 5.74) is 1.51. The molecule has 0 unspecified atom stereocenters. The van der Waals surface area contributed by atoms with Gasteiger partial charge < -0.3 is 15.0 Å². The van der Waals surface area contributed by atoms with E-state index in [0.717, 1.165) is 23.3 Å². The van der Waals surface area contributed by atoms with Gasteiger partial charge in [0.15, 0.2) is 16.7 Å². The zero-order valence-corrected chi connectivity index (χ0v) is 14.7. The maximum atomic E-state index is 13.8. The van der Waals surface area contributed by atoms with E-state index >= 15 is 0 Å². The van der Waals surface area contributed by atoms with Crippen molar-refractivity contribution in [2.75, 3.05) is 18.0 Å². The molecule has 3 aromatic heterocycles. The fraction of sp³-hybridized carbons (Fsp3) is 0.294. The van der Waals surface area contributed by atoms with Crippen molar-refractivity contribution in [3.05, 3.63) is 35.5 Å². The molecule has 0 amide bonds. The number of anilines is 1. The van der Waals surface area contributed by atoms with Gasteiger partial charge in [-0.15, -0.1) is 0 Å². The van der Waals surface area contributed by atoms with Crippen molar-refractivity contribution in [3.63, 3.8) is 0 Å². The average molecular weight is 370 g/mol. The van der Waals surface area contributed by atoms with Gasteiger partial charge in [0.1, 0.15) is 17.5 Å². The molecule has 0 spiro atoms. The Hall–Kier alpha value is -2.70. The minimum absolute atomic E-state index is 0.238. The highest BCUT2D eigenvalue weighted by Gasteiger charge is 2.28. The van der Waals surface area contributed by atoms with E-state index < -0.39 is 5.82 Å². The van der Waals surface area contributed by atoms with E-state index in [4.69, 9.17) is 5.26 Å². The standard InChI is InChI=1S/C17H15FN6OS/c1-2-9-3-12-15(21-9)22-17(23-16(12)24-7-10(25)8-24)26-11-4-13(18)14(5-19)20-6-11/h3-4,6,10,25H,2,7-8H2,1H3,(H,21,22,23). The van der Waals surface area contributed by atoms with E-state index in [1.54, 1.807) is 6.07 Å². The van der Waals surface area contributed by atoms with Gasteiger partial charge in [-0.05, 0) is 30.3 Å². The molecule has 0 bridgehead atoms. The van der Waals surface area contributed by atoms with Crippen LogP contribution in [0.15, 0.2) is 28.4 Å². The molecule has 7 nitrogen and oxygen atoms in total. The predicted molar refractivity (Wildman–Crippen MR) is 94.5 cm³/mol. The van der Waals surface area contributed by atoms with Crippen LogP contribution in [0.5, 0.6) is 0 Å². The molecular weight excluding hydrogens is 355 g/mol. The lowest BCUT2D eigenvalue weighted by Crippen LogP contribution is -2.51. The largest absolute Gasteiger partial charge is 0.389 e. The lowest BCUT2D eigenvalue weighted by molar-refractivity contribution is 0.141. The van der Waals surface area contributed by atoms with Crippen LogP contribution in [-0.4, -0.2) is 44.2 Å². The van der Waals surface area contributed by atoms with E-state index in [1.807, 2.05) is 17.9 Å². The Labute approximate surface area is 152 Å². The zero-order valence-electron chi connectivity index (χ0n) is 13.9. The van der Waals surface area contributed by atoms with Gasteiger partial charge in [0, 0.05) is 29.9 Å². The molecule has 0 aromatic carbocycles. The summed E-state index contributed by atoms with van der Waals surface area (Å²) in [5.74, 6) is 0.0821. The minimum Gasteiger partial charge on any atom is -0.389 e. The summed E-state index contributed by atoms with van der Waals surface area (Å²) in [5, 5.41) is 19.7. The van der Waals surface area contributed by atoms with Crippen molar-refractivity contribution in [3.8, 4) is 6.07 Å². The number of aromatic nitrogens is 4. The lowest BCUT2D eigenvalue weighted by atomic mass is 10.1. The number of pyridine rings is 1. The van der Waals surface area contributed by atoms with Crippen molar-refractivity contribution in [1.82, 2.24) is 19.9 Å². The van der Waals surface area contributed by atoms with Gasteiger partial charge in [-0.3, -0.25) is 0 Å². The first-order valence-corrected chi connectivity index (χ1v) is 8.95. The number of halogens is 1. The molecule has 3 aromatic rings. The number of nitriles is 1. The number of nitrogens with one attached hydrogen (secondary N) is 1. The second-order valence-corrected chi connectivity index (χ2v) is 7.05. The van der Waals surface area contributed by atoms with Crippen LogP contribution in [-0.2, 0) is 6.42 Å². The molecule has 1 aliphatic rings. The van der Waals surface area contributed by atoms with Crippen LogP contribution in [0, 0.1) is 17.1 Å². The SMILES string of the molecule is CCc1cc2c(N3CC(O)C3)nc(Sc3cnc(C#N)c(F)c3)nc2[nH]1. The third kappa shape index (κ3) is 2.98. The summed E-state index contributed by atoms with van der Waals surface area (Å²) in [6, 6.07) is 4.97. The Kier molecular flexibility index (Phi) is 4.22. The van der Waals surface area contributed by atoms with Crippen molar-refractivity contribution in [1.29, 1.82) is 5.26 Å². The molecule has 1 fully saturated rings. The number of hydrogen-bond donors (Lipinski definition) is 2. The molecule has 132 valence electrons. The molecule has 4 rings (SSSR count). The molecule has 4 heterocycles. The third-order valence-electron chi connectivity index (χ3n) is 4.18. The number of rotatable bonds is 4. The number of H-pyrrole nitrogens is 1. The number of aliphatic hydroxyl groups excluding tert-OH is 1. The fourth-order valence-corrected chi connectivity index (χ4v) is 3.55. The maximum absolute atomic E-state index is 13.8. The molecule has 2 N–H and O–H groups in total. The third-order valence-corrected chi connectivity index (χ3v) is 5.00. The van der Waals surface area contributed by atoms with E-state index in [9.17, 15) is 9.50 Å². The normalized spacial score (nSPS) is 14.5. The first-order valence-electron chi connectivity index (χ1n) is 8.13. The second kappa shape index (κ2) is 6.55. The summed E-state index contributed by atoms with van der Waals surface area (Å²) in [4.78, 5) is 18.7.